The Labute approximate surface area is 158 Å². The Bertz CT molecular complexity index is 936. The third kappa shape index (κ3) is 3.71. The van der Waals surface area contributed by atoms with E-state index in [1.165, 1.54) is 0 Å². The molecular weight excluding hydrogens is 340 g/mol. The van der Waals surface area contributed by atoms with E-state index in [4.69, 9.17) is 14.2 Å². The number of ketones is 1. The Kier molecular flexibility index (Phi) is 4.90. The molecule has 4 heteroatoms. The molecule has 0 spiro atoms. The van der Waals surface area contributed by atoms with E-state index in [-0.39, 0.29) is 11.9 Å². The number of methoxy groups -OCH3 is 1. The molecule has 2 atom stereocenters. The molecule has 1 heterocycles. The maximum Gasteiger partial charge on any atom is 0.198 e. The van der Waals surface area contributed by atoms with Crippen LogP contribution in [0, 0.1) is 0 Å². The largest absolute Gasteiger partial charge is 0.496 e. The first-order chi connectivity index (χ1) is 13.3. The lowest BCUT2D eigenvalue weighted by Crippen LogP contribution is -2.11. The molecule has 1 aliphatic heterocycles. The Balaban J connectivity index is 1.50. The van der Waals surface area contributed by atoms with Gasteiger partial charge in [0.1, 0.15) is 24.2 Å². The Morgan fingerprint density at radius 3 is 2.33 bits per heavy atom. The summed E-state index contributed by atoms with van der Waals surface area (Å²) < 4.78 is 17.0. The molecule has 0 saturated carbocycles. The SMILES string of the molecule is COc1ccccc1C1OC1C(=O)c1ccccc1OCc1ccccc1. The van der Waals surface area contributed by atoms with Gasteiger partial charge < -0.3 is 14.2 Å². The van der Waals surface area contributed by atoms with E-state index in [1.807, 2.05) is 72.8 Å². The average Bonchev–Trinajstić information content (AvgIpc) is 3.53. The number of Topliss-reactive ketones (excluding diaryl/α,β-unsaturated/α-hetero) is 1. The van der Waals surface area contributed by atoms with Crippen LogP contribution >= 0.6 is 0 Å². The van der Waals surface area contributed by atoms with Crippen LogP contribution in [-0.4, -0.2) is 19.0 Å². The quantitative estimate of drug-likeness (QED) is 0.456. The lowest BCUT2D eigenvalue weighted by molar-refractivity contribution is 0.0949. The zero-order chi connectivity index (χ0) is 18.6. The molecule has 27 heavy (non-hydrogen) atoms. The predicted molar refractivity (Wildman–Crippen MR) is 102 cm³/mol. The minimum absolute atomic E-state index is 0.0745. The van der Waals surface area contributed by atoms with Crippen LogP contribution in [0.15, 0.2) is 78.9 Å². The highest BCUT2D eigenvalue weighted by Crippen LogP contribution is 2.45. The van der Waals surface area contributed by atoms with Crippen molar-refractivity contribution in [2.24, 2.45) is 0 Å². The van der Waals surface area contributed by atoms with Crippen LogP contribution in [0.2, 0.25) is 0 Å². The first kappa shape index (κ1) is 17.3. The third-order valence-electron chi connectivity index (χ3n) is 4.59. The van der Waals surface area contributed by atoms with Crippen molar-refractivity contribution < 1.29 is 19.0 Å². The molecular formula is C23H20O4. The zero-order valence-electron chi connectivity index (χ0n) is 15.0. The molecule has 136 valence electrons. The number of ether oxygens (including phenoxy) is 3. The molecule has 0 aliphatic carbocycles. The maximum atomic E-state index is 13.0. The van der Waals surface area contributed by atoms with Crippen molar-refractivity contribution in [3.63, 3.8) is 0 Å². The summed E-state index contributed by atoms with van der Waals surface area (Å²) >= 11 is 0. The number of benzene rings is 3. The number of rotatable bonds is 7. The van der Waals surface area contributed by atoms with Gasteiger partial charge in [0, 0.05) is 5.56 Å². The highest BCUT2D eigenvalue weighted by atomic mass is 16.6. The molecule has 1 saturated heterocycles. The summed E-state index contributed by atoms with van der Waals surface area (Å²) in [6, 6.07) is 24.8. The van der Waals surface area contributed by atoms with Gasteiger partial charge in [-0.2, -0.15) is 0 Å². The second-order valence-electron chi connectivity index (χ2n) is 6.35. The van der Waals surface area contributed by atoms with Crippen molar-refractivity contribution in [3.05, 3.63) is 95.6 Å². The van der Waals surface area contributed by atoms with E-state index in [2.05, 4.69) is 0 Å². The molecule has 3 aromatic rings. The van der Waals surface area contributed by atoms with Crippen LogP contribution in [0.4, 0.5) is 0 Å². The van der Waals surface area contributed by atoms with Crippen molar-refractivity contribution in [2.75, 3.05) is 7.11 Å². The summed E-state index contributed by atoms with van der Waals surface area (Å²) in [6.45, 7) is 0.409. The molecule has 0 bridgehead atoms. The van der Waals surface area contributed by atoms with E-state index in [0.29, 0.717) is 17.9 Å². The van der Waals surface area contributed by atoms with Crippen molar-refractivity contribution in [3.8, 4) is 11.5 Å². The van der Waals surface area contributed by atoms with Gasteiger partial charge in [0.25, 0.3) is 0 Å². The number of carbonyl (C=O) groups excluding carboxylic acids is 1. The molecule has 4 nitrogen and oxygen atoms in total. The number of hydrogen-bond acceptors (Lipinski definition) is 4. The van der Waals surface area contributed by atoms with E-state index in [1.54, 1.807) is 13.2 Å². The van der Waals surface area contributed by atoms with Gasteiger partial charge in [-0.05, 0) is 23.8 Å². The molecule has 1 aliphatic rings. The molecule has 0 N–H and O–H groups in total. The summed E-state index contributed by atoms with van der Waals surface area (Å²) in [5.74, 6) is 1.22. The molecule has 1 fully saturated rings. The normalized spacial score (nSPS) is 18.0. The zero-order valence-corrected chi connectivity index (χ0v) is 15.0. The standard InChI is InChI=1S/C23H20O4/c1-25-19-13-7-6-12-18(19)22-23(27-22)21(24)17-11-5-8-14-20(17)26-15-16-9-3-2-4-10-16/h2-14,22-23H,15H2,1H3. The van der Waals surface area contributed by atoms with E-state index in [0.717, 1.165) is 16.9 Å². The van der Waals surface area contributed by atoms with Crippen molar-refractivity contribution >= 4 is 5.78 Å². The van der Waals surface area contributed by atoms with Gasteiger partial charge in [0.05, 0.1) is 12.7 Å². The van der Waals surface area contributed by atoms with Crippen LogP contribution in [0.1, 0.15) is 27.6 Å². The van der Waals surface area contributed by atoms with Gasteiger partial charge in [-0.3, -0.25) is 4.79 Å². The Morgan fingerprint density at radius 2 is 1.56 bits per heavy atom. The fourth-order valence-electron chi connectivity index (χ4n) is 3.13. The van der Waals surface area contributed by atoms with Crippen molar-refractivity contribution in [1.82, 2.24) is 0 Å². The fourth-order valence-corrected chi connectivity index (χ4v) is 3.13. The third-order valence-corrected chi connectivity index (χ3v) is 4.59. The van der Waals surface area contributed by atoms with Crippen LogP contribution in [-0.2, 0) is 11.3 Å². The smallest absolute Gasteiger partial charge is 0.198 e. The highest BCUT2D eigenvalue weighted by molar-refractivity contribution is 6.03. The van der Waals surface area contributed by atoms with Crippen molar-refractivity contribution in [1.29, 1.82) is 0 Å². The van der Waals surface area contributed by atoms with Crippen LogP contribution in [0.25, 0.3) is 0 Å². The Morgan fingerprint density at radius 1 is 0.889 bits per heavy atom. The second-order valence-corrected chi connectivity index (χ2v) is 6.35. The summed E-state index contributed by atoms with van der Waals surface area (Å²) in [5, 5.41) is 0. The number of para-hydroxylation sites is 2. The minimum Gasteiger partial charge on any atom is -0.496 e. The lowest BCUT2D eigenvalue weighted by Gasteiger charge is -2.10. The highest BCUT2D eigenvalue weighted by Gasteiger charge is 2.48. The topological polar surface area (TPSA) is 48.1 Å². The summed E-state index contributed by atoms with van der Waals surface area (Å²) in [7, 11) is 1.62. The maximum absolute atomic E-state index is 13.0. The van der Waals surface area contributed by atoms with Gasteiger partial charge in [-0.25, -0.2) is 0 Å². The Hall–Kier alpha value is -3.11. The minimum atomic E-state index is -0.511. The monoisotopic (exact) mass is 360 g/mol. The first-order valence-electron chi connectivity index (χ1n) is 8.86. The molecule has 0 radical (unpaired) electrons. The molecule has 0 amide bonds. The summed E-state index contributed by atoms with van der Waals surface area (Å²) in [6.07, 6.45) is -0.793. The van der Waals surface area contributed by atoms with E-state index < -0.39 is 6.10 Å². The van der Waals surface area contributed by atoms with Gasteiger partial charge in [0.15, 0.2) is 11.9 Å². The van der Waals surface area contributed by atoms with Crippen molar-refractivity contribution in [2.45, 2.75) is 18.8 Å². The van der Waals surface area contributed by atoms with Crippen LogP contribution < -0.4 is 9.47 Å². The molecule has 4 rings (SSSR count). The van der Waals surface area contributed by atoms with Gasteiger partial charge in [-0.1, -0.05) is 60.7 Å². The summed E-state index contributed by atoms with van der Waals surface area (Å²) in [4.78, 5) is 13.0. The van der Waals surface area contributed by atoms with E-state index >= 15 is 0 Å². The first-order valence-corrected chi connectivity index (χ1v) is 8.86. The van der Waals surface area contributed by atoms with Crippen LogP contribution in [0.5, 0.6) is 11.5 Å². The van der Waals surface area contributed by atoms with Gasteiger partial charge in [-0.15, -0.1) is 0 Å². The second kappa shape index (κ2) is 7.64. The number of carbonyl (C=O) groups is 1. The van der Waals surface area contributed by atoms with Gasteiger partial charge >= 0.3 is 0 Å². The van der Waals surface area contributed by atoms with E-state index in [9.17, 15) is 4.79 Å². The number of epoxide rings is 1. The molecule has 2 unspecified atom stereocenters. The predicted octanol–water partition coefficient (Wildman–Crippen LogP) is 4.60. The fraction of sp³-hybridized carbons (Fsp3) is 0.174. The van der Waals surface area contributed by atoms with Gasteiger partial charge in [0.2, 0.25) is 0 Å². The number of hydrogen-bond donors (Lipinski definition) is 0. The lowest BCUT2D eigenvalue weighted by atomic mass is 10.0. The average molecular weight is 360 g/mol. The van der Waals surface area contributed by atoms with Crippen LogP contribution in [0.3, 0.4) is 0 Å². The molecule has 3 aromatic carbocycles. The molecule has 0 aromatic heterocycles. The summed E-state index contributed by atoms with van der Waals surface area (Å²) in [5.41, 5.74) is 2.48.